The first-order valence-corrected chi connectivity index (χ1v) is 10.6. The average Bonchev–Trinajstić information content (AvgIpc) is 3.09. The van der Waals surface area contributed by atoms with Gasteiger partial charge in [0.15, 0.2) is 13.1 Å². The van der Waals surface area contributed by atoms with Gasteiger partial charge in [0.2, 0.25) is 10.0 Å². The molecule has 9 heteroatoms. The quantitative estimate of drug-likeness (QED) is 0.548. The molecule has 0 aliphatic carbocycles. The first-order chi connectivity index (χ1) is 12.7. The van der Waals surface area contributed by atoms with Gasteiger partial charge in [-0.3, -0.25) is 9.59 Å². The SMILES string of the molecule is CC(C)NC(=O)C[NH+](C)CC(=O)Nc1cccc(S(=O)(=O)N2CCCC2)c1. The molecule has 1 aromatic carbocycles. The summed E-state index contributed by atoms with van der Waals surface area (Å²) in [5.74, 6) is -0.394. The van der Waals surface area contributed by atoms with Crippen LogP contribution < -0.4 is 15.5 Å². The molecule has 0 aromatic heterocycles. The number of anilines is 1. The fourth-order valence-electron chi connectivity index (χ4n) is 3.00. The smallest absolute Gasteiger partial charge is 0.279 e. The maximum atomic E-state index is 12.6. The molecule has 3 N–H and O–H groups in total. The van der Waals surface area contributed by atoms with Crippen molar-refractivity contribution in [2.75, 3.05) is 38.5 Å². The predicted octanol–water partition coefficient (Wildman–Crippen LogP) is -0.551. The lowest BCUT2D eigenvalue weighted by Gasteiger charge is -2.17. The van der Waals surface area contributed by atoms with Crippen LogP contribution in [-0.2, 0) is 19.6 Å². The summed E-state index contributed by atoms with van der Waals surface area (Å²) in [7, 11) is -1.77. The summed E-state index contributed by atoms with van der Waals surface area (Å²) in [6, 6.07) is 6.34. The van der Waals surface area contributed by atoms with E-state index in [2.05, 4.69) is 10.6 Å². The number of hydrogen-bond donors (Lipinski definition) is 3. The Kier molecular flexibility index (Phi) is 7.34. The Hall–Kier alpha value is -1.97. The van der Waals surface area contributed by atoms with Crippen LogP contribution in [0, 0.1) is 0 Å². The van der Waals surface area contributed by atoms with Gasteiger partial charge in [0.25, 0.3) is 11.8 Å². The third kappa shape index (κ3) is 6.30. The molecular weight excluding hydrogens is 368 g/mol. The third-order valence-corrected chi connectivity index (χ3v) is 6.09. The molecule has 1 aliphatic heterocycles. The maximum Gasteiger partial charge on any atom is 0.279 e. The lowest BCUT2D eigenvalue weighted by atomic mass is 10.3. The number of nitrogens with zero attached hydrogens (tertiary/aromatic N) is 1. The Balaban J connectivity index is 1.95. The van der Waals surface area contributed by atoms with E-state index in [1.165, 1.54) is 16.4 Å². The average molecular weight is 398 g/mol. The van der Waals surface area contributed by atoms with E-state index in [0.29, 0.717) is 18.8 Å². The van der Waals surface area contributed by atoms with E-state index in [1.807, 2.05) is 13.8 Å². The van der Waals surface area contributed by atoms with Gasteiger partial charge in [-0.1, -0.05) is 6.07 Å². The molecule has 0 radical (unpaired) electrons. The van der Waals surface area contributed by atoms with Crippen molar-refractivity contribution < 1.29 is 22.9 Å². The molecule has 27 heavy (non-hydrogen) atoms. The van der Waals surface area contributed by atoms with Gasteiger partial charge in [-0.05, 0) is 44.9 Å². The topological polar surface area (TPSA) is 100 Å². The van der Waals surface area contributed by atoms with Gasteiger partial charge in [-0.25, -0.2) is 8.42 Å². The highest BCUT2D eigenvalue weighted by molar-refractivity contribution is 7.89. The molecule has 1 saturated heterocycles. The molecule has 8 nitrogen and oxygen atoms in total. The lowest BCUT2D eigenvalue weighted by Crippen LogP contribution is -3.11. The number of quaternary nitrogens is 1. The van der Waals surface area contributed by atoms with Crippen molar-refractivity contribution >= 4 is 27.5 Å². The minimum atomic E-state index is -3.52. The first kappa shape index (κ1) is 21.3. The van der Waals surface area contributed by atoms with Crippen LogP contribution in [0.4, 0.5) is 5.69 Å². The number of likely N-dealkylation sites (N-methyl/N-ethyl adjacent to an activating group) is 1. The van der Waals surface area contributed by atoms with Crippen LogP contribution in [0.3, 0.4) is 0 Å². The highest BCUT2D eigenvalue weighted by atomic mass is 32.2. The summed E-state index contributed by atoms with van der Waals surface area (Å²) in [6.07, 6.45) is 1.74. The van der Waals surface area contributed by atoms with Crippen molar-refractivity contribution in [2.45, 2.75) is 37.6 Å². The Morgan fingerprint density at radius 1 is 1.15 bits per heavy atom. The maximum absolute atomic E-state index is 12.6. The van der Waals surface area contributed by atoms with Gasteiger partial charge in [-0.15, -0.1) is 0 Å². The molecule has 0 spiro atoms. The summed E-state index contributed by atoms with van der Waals surface area (Å²) in [5, 5.41) is 5.50. The molecule has 1 unspecified atom stereocenters. The standard InChI is InChI=1S/C18H28N4O4S/c1-14(2)19-17(23)12-21(3)13-18(24)20-15-7-6-8-16(11-15)27(25,26)22-9-4-5-10-22/h6-8,11,14H,4-5,9-10,12-13H2,1-3H3,(H,19,23)(H,20,24)/p+1. The van der Waals surface area contributed by atoms with Crippen molar-refractivity contribution in [1.82, 2.24) is 9.62 Å². The van der Waals surface area contributed by atoms with Crippen molar-refractivity contribution in [2.24, 2.45) is 0 Å². The van der Waals surface area contributed by atoms with Gasteiger partial charge in [0.05, 0.1) is 11.9 Å². The zero-order chi connectivity index (χ0) is 20.0. The Labute approximate surface area is 161 Å². The fourth-order valence-corrected chi connectivity index (χ4v) is 4.56. The summed E-state index contributed by atoms with van der Waals surface area (Å²) < 4.78 is 26.7. The van der Waals surface area contributed by atoms with E-state index in [-0.39, 0.29) is 35.8 Å². The Morgan fingerprint density at radius 3 is 2.41 bits per heavy atom. The minimum absolute atomic E-state index is 0.0550. The number of rotatable bonds is 8. The van der Waals surface area contributed by atoms with E-state index in [0.717, 1.165) is 17.7 Å². The van der Waals surface area contributed by atoms with Crippen molar-refractivity contribution in [3.8, 4) is 0 Å². The lowest BCUT2D eigenvalue weighted by molar-refractivity contribution is -0.862. The van der Waals surface area contributed by atoms with Gasteiger partial charge >= 0.3 is 0 Å². The highest BCUT2D eigenvalue weighted by Gasteiger charge is 2.27. The number of sulfonamides is 1. The van der Waals surface area contributed by atoms with Gasteiger partial charge < -0.3 is 15.5 Å². The van der Waals surface area contributed by atoms with Gasteiger partial charge in [0, 0.05) is 24.8 Å². The number of benzene rings is 1. The first-order valence-electron chi connectivity index (χ1n) is 9.19. The van der Waals surface area contributed by atoms with Crippen LogP contribution in [0.25, 0.3) is 0 Å². The van der Waals surface area contributed by atoms with E-state index in [4.69, 9.17) is 0 Å². The second-order valence-electron chi connectivity index (χ2n) is 7.22. The second kappa shape index (κ2) is 9.29. The zero-order valence-corrected chi connectivity index (χ0v) is 16.9. The molecule has 0 bridgehead atoms. The van der Waals surface area contributed by atoms with Crippen LogP contribution in [0.5, 0.6) is 0 Å². The van der Waals surface area contributed by atoms with E-state index < -0.39 is 10.0 Å². The summed E-state index contributed by atoms with van der Waals surface area (Å²) in [4.78, 5) is 24.9. The molecule has 1 aliphatic rings. The number of nitrogens with one attached hydrogen (secondary N) is 3. The van der Waals surface area contributed by atoms with Crippen LogP contribution >= 0.6 is 0 Å². The fraction of sp³-hybridized carbons (Fsp3) is 0.556. The number of amides is 2. The summed E-state index contributed by atoms with van der Waals surface area (Å²) >= 11 is 0. The molecule has 2 rings (SSSR count). The Morgan fingerprint density at radius 2 is 1.78 bits per heavy atom. The highest BCUT2D eigenvalue weighted by Crippen LogP contribution is 2.22. The van der Waals surface area contributed by atoms with E-state index >= 15 is 0 Å². The number of carbonyl (C=O) groups is 2. The van der Waals surface area contributed by atoms with Crippen molar-refractivity contribution in [1.29, 1.82) is 0 Å². The van der Waals surface area contributed by atoms with E-state index in [9.17, 15) is 18.0 Å². The molecule has 1 fully saturated rings. The summed E-state index contributed by atoms with van der Waals surface area (Å²) in [6.45, 7) is 5.12. The Bertz CT molecular complexity index is 773. The second-order valence-corrected chi connectivity index (χ2v) is 9.16. The molecular formula is C18H29N4O4S+. The van der Waals surface area contributed by atoms with Crippen molar-refractivity contribution in [3.63, 3.8) is 0 Å². The summed E-state index contributed by atoms with van der Waals surface area (Å²) in [5.41, 5.74) is 0.430. The van der Waals surface area contributed by atoms with Crippen LogP contribution in [0.1, 0.15) is 26.7 Å². The minimum Gasteiger partial charge on any atom is -0.349 e. The molecule has 150 valence electrons. The molecule has 1 heterocycles. The monoisotopic (exact) mass is 397 g/mol. The van der Waals surface area contributed by atoms with Crippen LogP contribution in [0.15, 0.2) is 29.2 Å². The zero-order valence-electron chi connectivity index (χ0n) is 16.1. The molecule has 0 saturated carbocycles. The molecule has 1 atom stereocenters. The van der Waals surface area contributed by atoms with Crippen molar-refractivity contribution in [3.05, 3.63) is 24.3 Å². The number of hydrogen-bond acceptors (Lipinski definition) is 4. The third-order valence-electron chi connectivity index (χ3n) is 4.19. The normalized spacial score (nSPS) is 16.3. The predicted molar refractivity (Wildman–Crippen MR) is 103 cm³/mol. The van der Waals surface area contributed by atoms with Crippen LogP contribution in [0.2, 0.25) is 0 Å². The largest absolute Gasteiger partial charge is 0.349 e. The van der Waals surface area contributed by atoms with Gasteiger partial charge in [-0.2, -0.15) is 4.31 Å². The van der Waals surface area contributed by atoms with E-state index in [1.54, 1.807) is 19.2 Å². The number of carbonyl (C=O) groups excluding carboxylic acids is 2. The van der Waals surface area contributed by atoms with Crippen LogP contribution in [-0.4, -0.2) is 63.8 Å². The van der Waals surface area contributed by atoms with Gasteiger partial charge in [0.1, 0.15) is 0 Å². The molecule has 2 amide bonds. The molecule has 1 aromatic rings.